The van der Waals surface area contributed by atoms with E-state index in [2.05, 4.69) is 112 Å². The van der Waals surface area contributed by atoms with E-state index in [1.54, 1.807) is 17.7 Å². The van der Waals surface area contributed by atoms with Crippen LogP contribution in [0.3, 0.4) is 0 Å². The number of thiophene rings is 1. The Morgan fingerprint density at radius 1 is 0.667 bits per heavy atom. The number of benzene rings is 5. The van der Waals surface area contributed by atoms with Gasteiger partial charge in [0.15, 0.2) is 17.8 Å². The van der Waals surface area contributed by atoms with Crippen LogP contribution in [0.4, 0.5) is 0 Å². The van der Waals surface area contributed by atoms with Gasteiger partial charge >= 0.3 is 0 Å². The summed E-state index contributed by atoms with van der Waals surface area (Å²) in [5, 5.41) is 9.09. The highest BCUT2D eigenvalue weighted by Gasteiger charge is 2.22. The fraction of sp³-hybridized carbons (Fsp3) is 0. The SMILES string of the molecule is C(=C/c1csc2ccccc12)/C=C/c1nc(-c2ccc3c(c2)c2cc4ncoc4c4c5ccccc5n3c24)c2ccccc2n1. The number of hydrogen-bond donors (Lipinski definition) is 0. The van der Waals surface area contributed by atoms with Gasteiger partial charge in [-0.1, -0.05) is 78.9 Å². The number of para-hydroxylation sites is 2. The molecule has 0 bridgehead atoms. The van der Waals surface area contributed by atoms with Gasteiger partial charge in [-0.05, 0) is 58.8 Å². The zero-order valence-electron chi connectivity index (χ0n) is 23.8. The van der Waals surface area contributed by atoms with Crippen molar-refractivity contribution in [2.24, 2.45) is 0 Å². The highest BCUT2D eigenvalue weighted by molar-refractivity contribution is 7.17. The molecule has 0 spiro atoms. The lowest BCUT2D eigenvalue weighted by Crippen LogP contribution is -1.94. The van der Waals surface area contributed by atoms with E-state index in [4.69, 9.17) is 14.4 Å². The van der Waals surface area contributed by atoms with Crippen molar-refractivity contribution < 1.29 is 4.42 Å². The van der Waals surface area contributed by atoms with Crippen molar-refractivity contribution in [1.29, 1.82) is 0 Å². The molecule has 5 nitrogen and oxygen atoms in total. The van der Waals surface area contributed by atoms with Crippen molar-refractivity contribution in [2.75, 3.05) is 0 Å². The minimum Gasteiger partial charge on any atom is -0.443 e. The van der Waals surface area contributed by atoms with Crippen LogP contribution in [0.25, 0.3) is 93.6 Å². The maximum Gasteiger partial charge on any atom is 0.182 e. The average Bonchev–Trinajstić information content (AvgIpc) is 3.87. The number of aromatic nitrogens is 4. The Morgan fingerprint density at radius 2 is 1.47 bits per heavy atom. The molecule has 0 aliphatic heterocycles. The first-order chi connectivity index (χ1) is 22.3. The Kier molecular flexibility index (Phi) is 5.09. The molecule has 0 unspecified atom stereocenters. The van der Waals surface area contributed by atoms with E-state index in [1.165, 1.54) is 21.0 Å². The Balaban J connectivity index is 1.14. The predicted octanol–water partition coefficient (Wildman–Crippen LogP) is 10.5. The Hall–Kier alpha value is -5.85. The third kappa shape index (κ3) is 3.57. The summed E-state index contributed by atoms with van der Waals surface area (Å²) in [4.78, 5) is 14.5. The monoisotopic (exact) mass is 594 g/mol. The molecule has 10 aromatic rings. The van der Waals surface area contributed by atoms with Gasteiger partial charge in [0, 0.05) is 31.8 Å². The third-order valence-electron chi connectivity index (χ3n) is 8.80. The second-order valence-corrected chi connectivity index (χ2v) is 12.2. The van der Waals surface area contributed by atoms with E-state index < -0.39 is 0 Å². The van der Waals surface area contributed by atoms with Crippen LogP contribution in [-0.2, 0) is 0 Å². The van der Waals surface area contributed by atoms with Crippen molar-refractivity contribution in [1.82, 2.24) is 19.4 Å². The lowest BCUT2D eigenvalue weighted by molar-refractivity contribution is 0.605. The summed E-state index contributed by atoms with van der Waals surface area (Å²) in [6.07, 6.45) is 9.74. The minimum absolute atomic E-state index is 0.674. The summed E-state index contributed by atoms with van der Waals surface area (Å²) in [6.45, 7) is 0. The van der Waals surface area contributed by atoms with E-state index in [9.17, 15) is 0 Å². The normalized spacial score (nSPS) is 12.7. The highest BCUT2D eigenvalue weighted by Crippen LogP contribution is 2.43. The summed E-state index contributed by atoms with van der Waals surface area (Å²) >= 11 is 1.76. The van der Waals surface area contributed by atoms with Crippen molar-refractivity contribution >= 4 is 93.7 Å². The van der Waals surface area contributed by atoms with Gasteiger partial charge in [-0.25, -0.2) is 15.0 Å². The van der Waals surface area contributed by atoms with Crippen molar-refractivity contribution in [2.45, 2.75) is 0 Å². The first-order valence-electron chi connectivity index (χ1n) is 14.8. The highest BCUT2D eigenvalue weighted by atomic mass is 32.1. The maximum atomic E-state index is 5.92. The van der Waals surface area contributed by atoms with Crippen LogP contribution >= 0.6 is 11.3 Å². The second-order valence-electron chi connectivity index (χ2n) is 11.3. The summed E-state index contributed by atoms with van der Waals surface area (Å²) in [5.41, 5.74) is 9.26. The van der Waals surface area contributed by atoms with E-state index >= 15 is 0 Å². The minimum atomic E-state index is 0.674. The molecule has 5 aromatic heterocycles. The molecule has 6 heteroatoms. The fourth-order valence-corrected chi connectivity index (χ4v) is 7.77. The molecule has 0 fully saturated rings. The first kappa shape index (κ1) is 24.6. The van der Waals surface area contributed by atoms with Crippen LogP contribution in [-0.4, -0.2) is 19.4 Å². The average molecular weight is 595 g/mol. The second kappa shape index (κ2) is 9.32. The van der Waals surface area contributed by atoms with Crippen LogP contribution in [0.1, 0.15) is 11.4 Å². The standard InChI is InChI=1S/C39H22N4OS/c1(9-24-21-45-34-15-7-4-10-25(24)34)8-16-35-41-30-13-5-2-11-26(30)37(42-35)23-17-18-33-28(19-23)29-20-31-39(44-22-40-31)36-27-12-3-6-14-32(27)43(33)38(29)36/h1-22H/b9-1-,16-8+. The van der Waals surface area contributed by atoms with Crippen LogP contribution in [0.15, 0.2) is 125 Å². The summed E-state index contributed by atoms with van der Waals surface area (Å²) in [6, 6.07) is 34.0. The quantitative estimate of drug-likeness (QED) is 0.190. The molecule has 45 heavy (non-hydrogen) atoms. The van der Waals surface area contributed by atoms with Gasteiger partial charge in [-0.2, -0.15) is 0 Å². The summed E-state index contributed by atoms with van der Waals surface area (Å²) < 4.78 is 9.57. The molecule has 10 rings (SSSR count). The van der Waals surface area contributed by atoms with Crippen LogP contribution < -0.4 is 0 Å². The van der Waals surface area contributed by atoms with Gasteiger partial charge in [0.05, 0.1) is 33.1 Å². The maximum absolute atomic E-state index is 5.92. The van der Waals surface area contributed by atoms with Gasteiger partial charge < -0.3 is 8.82 Å². The lowest BCUT2D eigenvalue weighted by atomic mass is 10.0. The molecule has 0 saturated carbocycles. The van der Waals surface area contributed by atoms with Gasteiger partial charge in [-0.15, -0.1) is 11.3 Å². The summed E-state index contributed by atoms with van der Waals surface area (Å²) in [5.74, 6) is 0.674. The van der Waals surface area contributed by atoms with Crippen molar-refractivity contribution in [3.05, 3.63) is 132 Å². The number of nitrogens with zero attached hydrogens (tertiary/aromatic N) is 4. The molecule has 0 saturated heterocycles. The fourth-order valence-electron chi connectivity index (χ4n) is 6.84. The number of hydrogen-bond acceptors (Lipinski definition) is 5. The smallest absolute Gasteiger partial charge is 0.182 e. The summed E-state index contributed by atoms with van der Waals surface area (Å²) in [7, 11) is 0. The van der Waals surface area contributed by atoms with Gasteiger partial charge in [0.25, 0.3) is 0 Å². The van der Waals surface area contributed by atoms with Crippen molar-refractivity contribution in [3.8, 4) is 11.3 Å². The molecule has 0 radical (unpaired) electrons. The topological polar surface area (TPSA) is 56.2 Å². The first-order valence-corrected chi connectivity index (χ1v) is 15.7. The molecule has 0 amide bonds. The molecule has 0 aliphatic carbocycles. The van der Waals surface area contributed by atoms with Gasteiger partial charge in [0.2, 0.25) is 0 Å². The van der Waals surface area contributed by atoms with Crippen LogP contribution in [0.5, 0.6) is 0 Å². The van der Waals surface area contributed by atoms with E-state index in [-0.39, 0.29) is 0 Å². The third-order valence-corrected chi connectivity index (χ3v) is 9.78. The molecule has 5 aromatic carbocycles. The number of fused-ring (bicyclic) bond motifs is 10. The van der Waals surface area contributed by atoms with Crippen LogP contribution in [0, 0.1) is 0 Å². The van der Waals surface area contributed by atoms with Gasteiger partial charge in [-0.3, -0.25) is 0 Å². The zero-order valence-corrected chi connectivity index (χ0v) is 24.6. The van der Waals surface area contributed by atoms with Gasteiger partial charge in [0.1, 0.15) is 5.52 Å². The molecule has 0 aliphatic rings. The molecule has 0 N–H and O–H groups in total. The number of rotatable bonds is 4. The van der Waals surface area contributed by atoms with Crippen LogP contribution in [0.2, 0.25) is 0 Å². The Morgan fingerprint density at radius 3 is 2.42 bits per heavy atom. The van der Waals surface area contributed by atoms with E-state index in [1.807, 2.05) is 24.3 Å². The molecular formula is C39H22N4OS. The number of oxazole rings is 1. The molecule has 210 valence electrons. The lowest BCUT2D eigenvalue weighted by Gasteiger charge is -2.08. The number of allylic oxidation sites excluding steroid dienone is 2. The molecule has 5 heterocycles. The predicted molar refractivity (Wildman–Crippen MR) is 187 cm³/mol. The van der Waals surface area contributed by atoms with E-state index in [0.29, 0.717) is 5.82 Å². The zero-order chi connectivity index (χ0) is 29.5. The largest absolute Gasteiger partial charge is 0.443 e. The van der Waals surface area contributed by atoms with Crippen molar-refractivity contribution in [3.63, 3.8) is 0 Å². The Bertz CT molecular complexity index is 2830. The Labute approximate surface area is 260 Å². The molecule has 0 atom stereocenters. The molecular weight excluding hydrogens is 573 g/mol. The van der Waals surface area contributed by atoms with E-state index in [0.717, 1.165) is 66.0 Å².